The van der Waals surface area contributed by atoms with E-state index in [1.807, 2.05) is 12.1 Å². The van der Waals surface area contributed by atoms with E-state index in [1.165, 1.54) is 16.9 Å². The van der Waals surface area contributed by atoms with E-state index in [0.29, 0.717) is 18.4 Å². The molecule has 0 spiro atoms. The van der Waals surface area contributed by atoms with Gasteiger partial charge in [-0.3, -0.25) is 4.98 Å². The molecule has 2 aromatic rings. The molecule has 1 unspecified atom stereocenters. The van der Waals surface area contributed by atoms with Crippen LogP contribution in [0.3, 0.4) is 0 Å². The molecule has 1 aliphatic carbocycles. The van der Waals surface area contributed by atoms with Crippen LogP contribution in [0.25, 0.3) is 10.9 Å². The lowest BCUT2D eigenvalue weighted by atomic mass is 10.1. The van der Waals surface area contributed by atoms with Gasteiger partial charge in [0.25, 0.3) is 0 Å². The second-order valence-electron chi connectivity index (χ2n) is 7.42. The molecule has 1 atom stereocenters. The minimum Gasteiger partial charge on any atom is -0.493 e. The van der Waals surface area contributed by atoms with Gasteiger partial charge >= 0.3 is 0 Å². The van der Waals surface area contributed by atoms with Gasteiger partial charge in [-0.1, -0.05) is 0 Å². The molecule has 0 aliphatic heterocycles. The molecule has 0 bridgehead atoms. The van der Waals surface area contributed by atoms with Gasteiger partial charge in [-0.25, -0.2) is 0 Å². The monoisotopic (exact) mass is 358 g/mol. The number of aliphatic hydroxyl groups excluding tert-OH is 1. The van der Waals surface area contributed by atoms with Crippen molar-refractivity contribution in [3.8, 4) is 11.5 Å². The summed E-state index contributed by atoms with van der Waals surface area (Å²) in [4.78, 5) is 4.90. The van der Waals surface area contributed by atoms with Crippen LogP contribution in [-0.2, 0) is 12.8 Å². The second kappa shape index (κ2) is 8.12. The van der Waals surface area contributed by atoms with Gasteiger partial charge in [-0.05, 0) is 64.5 Å². The number of nitrogens with zero attached hydrogens (tertiary/aromatic N) is 1. The predicted octanol–water partition coefficient (Wildman–Crippen LogP) is 4.09. The molecule has 0 saturated heterocycles. The molecule has 1 heterocycles. The van der Waals surface area contributed by atoms with Crippen LogP contribution in [0, 0.1) is 0 Å². The number of rotatable bonds is 8. The van der Waals surface area contributed by atoms with E-state index in [0.717, 1.165) is 48.8 Å². The summed E-state index contributed by atoms with van der Waals surface area (Å²) in [5, 5.41) is 14.1. The number of aryl methyl sites for hydroxylation is 1. The summed E-state index contributed by atoms with van der Waals surface area (Å²) >= 11 is 0. The highest BCUT2D eigenvalue weighted by Crippen LogP contribution is 2.39. The van der Waals surface area contributed by atoms with Crippen molar-refractivity contribution in [2.75, 3.05) is 19.0 Å². The van der Waals surface area contributed by atoms with Crippen LogP contribution in [0.4, 0.5) is 5.69 Å². The van der Waals surface area contributed by atoms with Crippen LogP contribution >= 0.6 is 0 Å². The molecule has 5 nitrogen and oxygen atoms in total. The van der Waals surface area contributed by atoms with E-state index >= 15 is 0 Å². The highest BCUT2D eigenvalue weighted by molar-refractivity contribution is 5.96. The Bertz CT molecular complexity index is 772. The number of benzene rings is 1. The minimum atomic E-state index is -0.300. The van der Waals surface area contributed by atoms with Crippen LogP contribution in [0.2, 0.25) is 0 Å². The molecular weight excluding hydrogens is 328 g/mol. The highest BCUT2D eigenvalue weighted by atomic mass is 16.5. The molecule has 5 heteroatoms. The van der Waals surface area contributed by atoms with Gasteiger partial charge in [-0.2, -0.15) is 0 Å². The molecular formula is C21H30N2O3. The van der Waals surface area contributed by atoms with Gasteiger partial charge in [0.2, 0.25) is 0 Å². The molecule has 142 valence electrons. The first-order chi connectivity index (χ1) is 12.5. The lowest BCUT2D eigenvalue weighted by Crippen LogP contribution is -2.13. The smallest absolute Gasteiger partial charge is 0.163 e. The van der Waals surface area contributed by atoms with E-state index in [9.17, 15) is 5.11 Å². The summed E-state index contributed by atoms with van der Waals surface area (Å²) in [6.07, 6.45) is 4.50. The molecule has 2 N–H and O–H groups in total. The van der Waals surface area contributed by atoms with Crippen LogP contribution < -0.4 is 14.8 Å². The summed E-state index contributed by atoms with van der Waals surface area (Å²) in [5.74, 6) is 1.44. The molecule has 1 aromatic carbocycles. The zero-order valence-corrected chi connectivity index (χ0v) is 16.3. The number of fused-ring (bicyclic) bond motifs is 2. The lowest BCUT2D eigenvalue weighted by molar-refractivity contribution is 0.169. The third kappa shape index (κ3) is 4.04. The normalized spacial score (nSPS) is 14.5. The van der Waals surface area contributed by atoms with Gasteiger partial charge in [0.15, 0.2) is 11.5 Å². The number of hydrogen-bond donors (Lipinski definition) is 2. The number of hydrogen-bond acceptors (Lipinski definition) is 5. The number of methoxy groups -OCH3 is 1. The van der Waals surface area contributed by atoms with Crippen molar-refractivity contribution in [3.05, 3.63) is 23.4 Å². The SMILES string of the molecule is COc1cc2c(NC(C)C)c3c(nc2cc1OCCCC(C)O)CCC3. The average Bonchev–Trinajstić information content (AvgIpc) is 3.05. The largest absolute Gasteiger partial charge is 0.493 e. The highest BCUT2D eigenvalue weighted by Gasteiger charge is 2.21. The third-order valence-electron chi connectivity index (χ3n) is 4.75. The number of aromatic nitrogens is 1. The Balaban J connectivity index is 1.97. The molecule has 3 rings (SSSR count). The Kier molecular flexibility index (Phi) is 5.87. The van der Waals surface area contributed by atoms with Crippen molar-refractivity contribution in [1.29, 1.82) is 0 Å². The fourth-order valence-electron chi connectivity index (χ4n) is 3.56. The number of anilines is 1. The minimum absolute atomic E-state index is 0.300. The van der Waals surface area contributed by atoms with E-state index in [1.54, 1.807) is 14.0 Å². The Hall–Kier alpha value is -2.01. The average molecular weight is 358 g/mol. The van der Waals surface area contributed by atoms with E-state index < -0.39 is 0 Å². The topological polar surface area (TPSA) is 63.6 Å². The maximum absolute atomic E-state index is 9.39. The summed E-state index contributed by atoms with van der Waals surface area (Å²) in [6, 6.07) is 4.38. The summed E-state index contributed by atoms with van der Waals surface area (Å²) in [5.41, 5.74) is 4.68. The molecule has 0 radical (unpaired) electrons. The predicted molar refractivity (Wildman–Crippen MR) is 105 cm³/mol. The van der Waals surface area contributed by atoms with Crippen LogP contribution in [-0.4, -0.2) is 36.0 Å². The first-order valence-electron chi connectivity index (χ1n) is 9.60. The quantitative estimate of drug-likeness (QED) is 0.696. The molecule has 0 saturated carbocycles. The van der Waals surface area contributed by atoms with E-state index in [4.69, 9.17) is 14.5 Å². The zero-order chi connectivity index (χ0) is 18.7. The van der Waals surface area contributed by atoms with Gasteiger partial charge in [0.05, 0.1) is 25.3 Å². The molecule has 0 amide bonds. The Labute approximate surface area is 155 Å². The summed E-state index contributed by atoms with van der Waals surface area (Å²) < 4.78 is 11.5. The third-order valence-corrected chi connectivity index (χ3v) is 4.75. The van der Waals surface area contributed by atoms with Crippen LogP contribution in [0.1, 0.15) is 51.3 Å². The van der Waals surface area contributed by atoms with Crippen molar-refractivity contribution in [2.45, 2.75) is 65.0 Å². The molecule has 1 aromatic heterocycles. The number of nitrogens with one attached hydrogen (secondary N) is 1. The molecule has 26 heavy (non-hydrogen) atoms. The van der Waals surface area contributed by atoms with E-state index in [2.05, 4.69) is 19.2 Å². The molecule has 1 aliphatic rings. The van der Waals surface area contributed by atoms with E-state index in [-0.39, 0.29) is 6.10 Å². The lowest BCUT2D eigenvalue weighted by Gasteiger charge is -2.19. The van der Waals surface area contributed by atoms with Crippen molar-refractivity contribution in [1.82, 2.24) is 4.98 Å². The standard InChI is InChI=1S/C21H30N2O3/c1-13(2)22-21-15-8-5-9-17(15)23-18-12-20(19(25-4)11-16(18)21)26-10-6-7-14(3)24/h11-14,24H,5-10H2,1-4H3,(H,22,23). The van der Waals surface area contributed by atoms with Crippen molar-refractivity contribution in [3.63, 3.8) is 0 Å². The first kappa shape index (κ1) is 18.8. The number of pyridine rings is 1. The van der Waals surface area contributed by atoms with Crippen molar-refractivity contribution in [2.24, 2.45) is 0 Å². The molecule has 0 fully saturated rings. The maximum Gasteiger partial charge on any atom is 0.163 e. The summed E-state index contributed by atoms with van der Waals surface area (Å²) in [6.45, 7) is 6.66. The van der Waals surface area contributed by atoms with Crippen molar-refractivity contribution < 1.29 is 14.6 Å². The van der Waals surface area contributed by atoms with Gasteiger partial charge in [0.1, 0.15) is 0 Å². The Morgan fingerprint density at radius 1 is 1.19 bits per heavy atom. The zero-order valence-electron chi connectivity index (χ0n) is 16.3. The first-order valence-corrected chi connectivity index (χ1v) is 9.60. The Morgan fingerprint density at radius 2 is 2.00 bits per heavy atom. The second-order valence-corrected chi connectivity index (χ2v) is 7.42. The van der Waals surface area contributed by atoms with Gasteiger partial charge < -0.3 is 19.9 Å². The summed E-state index contributed by atoms with van der Waals surface area (Å²) in [7, 11) is 1.67. The number of ether oxygens (including phenoxy) is 2. The Morgan fingerprint density at radius 3 is 2.69 bits per heavy atom. The van der Waals surface area contributed by atoms with Crippen LogP contribution in [0.15, 0.2) is 12.1 Å². The van der Waals surface area contributed by atoms with Crippen molar-refractivity contribution >= 4 is 16.6 Å². The maximum atomic E-state index is 9.39. The fraction of sp³-hybridized carbons (Fsp3) is 0.571. The van der Waals surface area contributed by atoms with Gasteiger partial charge in [-0.15, -0.1) is 0 Å². The fourth-order valence-corrected chi connectivity index (χ4v) is 3.56. The van der Waals surface area contributed by atoms with Gasteiger partial charge in [0, 0.05) is 28.9 Å². The number of aliphatic hydroxyl groups is 1. The van der Waals surface area contributed by atoms with Crippen LogP contribution in [0.5, 0.6) is 11.5 Å².